The number of nitrogens with one attached hydrogen (secondary N) is 3. The highest BCUT2D eigenvalue weighted by Gasteiger charge is 2.58. The van der Waals surface area contributed by atoms with Crippen molar-refractivity contribution in [1.29, 1.82) is 5.26 Å². The van der Waals surface area contributed by atoms with E-state index in [1.165, 1.54) is 0 Å². The molecule has 3 N–H and O–H groups in total. The highest BCUT2D eigenvalue weighted by Crippen LogP contribution is 2.41. The summed E-state index contributed by atoms with van der Waals surface area (Å²) in [5.74, 6) is -0.545. The van der Waals surface area contributed by atoms with Gasteiger partial charge in [0.25, 0.3) is 5.91 Å². The Kier molecular flexibility index (Phi) is 5.98. The molecule has 9 nitrogen and oxygen atoms in total. The average Bonchev–Trinajstić information content (AvgIpc) is 3.34. The van der Waals surface area contributed by atoms with E-state index < -0.39 is 23.8 Å². The van der Waals surface area contributed by atoms with Crippen LogP contribution >= 0.6 is 0 Å². The number of anilines is 1. The Balaban J connectivity index is 1.43. The lowest BCUT2D eigenvalue weighted by atomic mass is 9.81. The summed E-state index contributed by atoms with van der Waals surface area (Å²) in [7, 11) is 0. The monoisotopic (exact) mass is 484 g/mol. The van der Waals surface area contributed by atoms with Gasteiger partial charge in [-0.25, -0.2) is 14.8 Å². The standard InChI is InChI=1S/C25H33FN6O3/c1-24(2,3)31-13-15-12-16(4-5-17(15)23(31)34)29-21-20-18(6-10-28-22(20)33)32(30-21)25(7-9-27)8-11-35-14-19(25)26/h4-5,12,18-21,29-30H,6-8,10-11,13-14H2,1-3H3,(H,28,33)/t18?,19-,20?,21?,25+/m1/s1. The minimum Gasteiger partial charge on any atom is -0.378 e. The van der Waals surface area contributed by atoms with Crippen molar-refractivity contribution in [3.05, 3.63) is 29.3 Å². The molecule has 188 valence electrons. The Bertz CT molecular complexity index is 1070. The molecule has 2 amide bonds. The van der Waals surface area contributed by atoms with E-state index in [9.17, 15) is 14.9 Å². The van der Waals surface area contributed by atoms with Crippen molar-refractivity contribution in [2.24, 2.45) is 5.92 Å². The molecule has 1 aromatic rings. The number of hydrogen-bond donors (Lipinski definition) is 3. The van der Waals surface area contributed by atoms with Crippen LogP contribution in [0.2, 0.25) is 0 Å². The maximum atomic E-state index is 15.4. The molecule has 1 aromatic carbocycles. The van der Waals surface area contributed by atoms with E-state index >= 15 is 4.39 Å². The van der Waals surface area contributed by atoms with Crippen LogP contribution in [0.1, 0.15) is 56.0 Å². The molecule has 4 aliphatic heterocycles. The molecule has 0 radical (unpaired) electrons. The minimum atomic E-state index is -1.35. The van der Waals surface area contributed by atoms with Gasteiger partial charge in [0.05, 0.1) is 30.6 Å². The molecule has 0 bridgehead atoms. The Morgan fingerprint density at radius 3 is 2.86 bits per heavy atom. The van der Waals surface area contributed by atoms with Gasteiger partial charge in [-0.3, -0.25) is 9.59 Å². The molecule has 35 heavy (non-hydrogen) atoms. The molecular weight excluding hydrogens is 451 g/mol. The van der Waals surface area contributed by atoms with Crippen LogP contribution in [0.4, 0.5) is 10.1 Å². The van der Waals surface area contributed by atoms with Crippen LogP contribution in [-0.4, -0.2) is 70.9 Å². The molecule has 0 aliphatic carbocycles. The topological polar surface area (TPSA) is 110 Å². The number of hydrogen-bond acceptors (Lipinski definition) is 7. The van der Waals surface area contributed by atoms with Crippen molar-refractivity contribution < 1.29 is 18.7 Å². The number of fused-ring (bicyclic) bond motifs is 2. The van der Waals surface area contributed by atoms with Crippen molar-refractivity contribution in [2.75, 3.05) is 25.1 Å². The van der Waals surface area contributed by atoms with Crippen LogP contribution < -0.4 is 16.1 Å². The van der Waals surface area contributed by atoms with Gasteiger partial charge < -0.3 is 20.3 Å². The number of piperidine rings is 1. The van der Waals surface area contributed by atoms with Crippen molar-refractivity contribution in [3.8, 4) is 6.07 Å². The molecule has 4 heterocycles. The van der Waals surface area contributed by atoms with E-state index in [-0.39, 0.29) is 36.4 Å². The van der Waals surface area contributed by atoms with Gasteiger partial charge in [-0.1, -0.05) is 0 Å². The normalized spacial score (nSPS) is 33.2. The summed E-state index contributed by atoms with van der Waals surface area (Å²) in [6.07, 6.45) is -0.801. The molecule has 3 fully saturated rings. The van der Waals surface area contributed by atoms with Gasteiger partial charge in [0.2, 0.25) is 5.91 Å². The number of carbonyl (C=O) groups is 2. The summed E-state index contributed by atoms with van der Waals surface area (Å²) in [4.78, 5) is 27.7. The van der Waals surface area contributed by atoms with Gasteiger partial charge >= 0.3 is 0 Å². The first kappa shape index (κ1) is 24.0. The van der Waals surface area contributed by atoms with Gasteiger partial charge in [0.15, 0.2) is 0 Å². The Morgan fingerprint density at radius 2 is 2.14 bits per heavy atom. The number of amides is 2. The molecule has 0 spiro atoms. The van der Waals surface area contributed by atoms with Crippen LogP contribution in [0.3, 0.4) is 0 Å². The predicted octanol–water partition coefficient (Wildman–Crippen LogP) is 1.91. The predicted molar refractivity (Wildman–Crippen MR) is 127 cm³/mol. The largest absolute Gasteiger partial charge is 0.378 e. The molecule has 0 saturated carbocycles. The van der Waals surface area contributed by atoms with Crippen LogP contribution in [-0.2, 0) is 16.1 Å². The molecule has 4 aliphatic rings. The zero-order valence-electron chi connectivity index (χ0n) is 20.4. The Labute approximate surface area is 204 Å². The number of alkyl halides is 1. The van der Waals surface area contributed by atoms with E-state index in [1.54, 1.807) is 0 Å². The van der Waals surface area contributed by atoms with Gasteiger partial charge in [-0.05, 0) is 57.4 Å². The maximum absolute atomic E-state index is 15.4. The van der Waals surface area contributed by atoms with Crippen molar-refractivity contribution in [2.45, 2.75) is 76.0 Å². The lowest BCUT2D eigenvalue weighted by Gasteiger charge is -2.48. The zero-order valence-corrected chi connectivity index (χ0v) is 20.4. The Hall–Kier alpha value is -2.74. The summed E-state index contributed by atoms with van der Waals surface area (Å²) in [6, 6.07) is 7.55. The molecule has 5 rings (SSSR count). The maximum Gasteiger partial charge on any atom is 0.254 e. The summed E-state index contributed by atoms with van der Waals surface area (Å²) < 4.78 is 20.7. The Morgan fingerprint density at radius 1 is 1.34 bits per heavy atom. The number of carbonyl (C=O) groups excluding carboxylic acids is 2. The first-order chi connectivity index (χ1) is 16.7. The highest BCUT2D eigenvalue weighted by atomic mass is 19.1. The number of ether oxygens (including phenoxy) is 1. The minimum absolute atomic E-state index is 0.00564. The van der Waals surface area contributed by atoms with Crippen LogP contribution in [0.5, 0.6) is 0 Å². The van der Waals surface area contributed by atoms with Crippen molar-refractivity contribution in [3.63, 3.8) is 0 Å². The van der Waals surface area contributed by atoms with Gasteiger partial charge in [-0.15, -0.1) is 0 Å². The average molecular weight is 485 g/mol. The lowest BCUT2D eigenvalue weighted by Crippen LogP contribution is -2.65. The second-order valence-electron chi connectivity index (χ2n) is 11.0. The van der Waals surface area contributed by atoms with Crippen molar-refractivity contribution >= 4 is 17.5 Å². The fourth-order valence-corrected chi connectivity index (χ4v) is 5.96. The summed E-state index contributed by atoms with van der Waals surface area (Å²) >= 11 is 0. The van der Waals surface area contributed by atoms with E-state index in [0.717, 1.165) is 11.3 Å². The molecule has 3 saturated heterocycles. The molecule has 0 aromatic heterocycles. The number of rotatable bonds is 4. The van der Waals surface area contributed by atoms with Gasteiger partial charge in [0.1, 0.15) is 12.3 Å². The third-order valence-corrected chi connectivity index (χ3v) is 7.86. The molecular formula is C25H33FN6O3. The first-order valence-corrected chi connectivity index (χ1v) is 12.3. The third kappa shape index (κ3) is 3.96. The number of benzene rings is 1. The first-order valence-electron chi connectivity index (χ1n) is 12.3. The number of halogens is 1. The summed E-state index contributed by atoms with van der Waals surface area (Å²) in [6.45, 7) is 7.38. The van der Waals surface area contributed by atoms with E-state index in [2.05, 4.69) is 22.1 Å². The summed E-state index contributed by atoms with van der Waals surface area (Å²) in [5, 5.41) is 17.8. The van der Waals surface area contributed by atoms with Crippen LogP contribution in [0.15, 0.2) is 18.2 Å². The third-order valence-electron chi connectivity index (χ3n) is 7.86. The van der Waals surface area contributed by atoms with E-state index in [0.29, 0.717) is 38.1 Å². The number of hydrazine groups is 1. The SMILES string of the molecule is CC(C)(C)N1Cc2cc(NC3NN([C@@]4(CC#N)CCOC[C@H]4F)C4CCNC(=O)C34)ccc2C1=O. The van der Waals surface area contributed by atoms with Crippen molar-refractivity contribution in [1.82, 2.24) is 20.7 Å². The number of nitrogens with zero attached hydrogens (tertiary/aromatic N) is 3. The number of nitriles is 1. The van der Waals surface area contributed by atoms with E-state index in [1.807, 2.05) is 48.9 Å². The summed E-state index contributed by atoms with van der Waals surface area (Å²) in [5.41, 5.74) is 4.45. The highest BCUT2D eigenvalue weighted by molar-refractivity contribution is 5.99. The van der Waals surface area contributed by atoms with Crippen LogP contribution in [0.25, 0.3) is 0 Å². The quantitative estimate of drug-likeness (QED) is 0.599. The fraction of sp³-hybridized carbons (Fsp3) is 0.640. The second kappa shape index (κ2) is 8.73. The van der Waals surface area contributed by atoms with Crippen LogP contribution in [0, 0.1) is 17.2 Å². The van der Waals surface area contributed by atoms with Gasteiger partial charge in [0, 0.05) is 42.5 Å². The zero-order chi connectivity index (χ0) is 25.0. The molecule has 3 unspecified atom stereocenters. The fourth-order valence-electron chi connectivity index (χ4n) is 5.96. The van der Waals surface area contributed by atoms with Gasteiger partial charge in [-0.2, -0.15) is 5.26 Å². The smallest absolute Gasteiger partial charge is 0.254 e. The van der Waals surface area contributed by atoms with E-state index in [4.69, 9.17) is 4.74 Å². The molecule has 5 atom stereocenters. The molecule has 10 heteroatoms. The lowest BCUT2D eigenvalue weighted by molar-refractivity contribution is -0.133. The second-order valence-corrected chi connectivity index (χ2v) is 11.0.